The molecule has 1 aliphatic carbocycles. The fourth-order valence-corrected chi connectivity index (χ4v) is 2.95. The van der Waals surface area contributed by atoms with E-state index in [1.807, 2.05) is 18.2 Å². The summed E-state index contributed by atoms with van der Waals surface area (Å²) in [5.41, 5.74) is 8.07. The number of benzene rings is 1. The maximum atomic E-state index is 5.75. The van der Waals surface area contributed by atoms with Crippen LogP contribution < -0.4 is 11.1 Å². The first-order valence-corrected chi connectivity index (χ1v) is 7.15. The Hall–Kier alpha value is -1.71. The second-order valence-electron chi connectivity index (χ2n) is 5.58. The highest BCUT2D eigenvalue weighted by Gasteiger charge is 2.21. The van der Waals surface area contributed by atoms with Gasteiger partial charge >= 0.3 is 0 Å². The predicted molar refractivity (Wildman–Crippen MR) is 78.1 cm³/mol. The molecule has 2 aromatic rings. The molecule has 0 saturated heterocycles. The Kier molecular flexibility index (Phi) is 3.32. The Morgan fingerprint density at radius 1 is 1.32 bits per heavy atom. The van der Waals surface area contributed by atoms with Crippen LogP contribution in [0.5, 0.6) is 0 Å². The summed E-state index contributed by atoms with van der Waals surface area (Å²) in [7, 11) is 0. The number of anilines is 2. The molecule has 0 amide bonds. The van der Waals surface area contributed by atoms with E-state index in [1.165, 1.54) is 32.1 Å². The van der Waals surface area contributed by atoms with Gasteiger partial charge in [0.25, 0.3) is 6.01 Å². The normalized spacial score (nSPS) is 18.6. The molecule has 1 unspecified atom stereocenters. The first kappa shape index (κ1) is 12.3. The lowest BCUT2D eigenvalue weighted by atomic mass is 9.85. The number of hydrogen-bond donors (Lipinski definition) is 2. The molecule has 1 aromatic carbocycles. The van der Waals surface area contributed by atoms with Gasteiger partial charge in [-0.25, -0.2) is 0 Å². The molecule has 0 aliphatic heterocycles. The van der Waals surface area contributed by atoms with Crippen molar-refractivity contribution in [3.8, 4) is 0 Å². The van der Waals surface area contributed by atoms with Gasteiger partial charge in [0.2, 0.25) is 0 Å². The number of nitrogens with two attached hydrogens (primary N) is 1. The van der Waals surface area contributed by atoms with Crippen LogP contribution in [0.15, 0.2) is 22.6 Å². The molecule has 1 aliphatic rings. The van der Waals surface area contributed by atoms with Crippen LogP contribution in [0.25, 0.3) is 11.1 Å². The van der Waals surface area contributed by atoms with Gasteiger partial charge in [0.05, 0.1) is 0 Å². The molecule has 0 radical (unpaired) electrons. The molecule has 1 heterocycles. The molecular formula is C15H21N3O. The molecule has 19 heavy (non-hydrogen) atoms. The predicted octanol–water partition coefficient (Wildman–Crippen LogP) is 3.79. The van der Waals surface area contributed by atoms with E-state index in [2.05, 4.69) is 17.2 Å². The average Bonchev–Trinajstić information content (AvgIpc) is 2.81. The second-order valence-corrected chi connectivity index (χ2v) is 5.58. The summed E-state index contributed by atoms with van der Waals surface area (Å²) < 4.78 is 5.71. The Balaban J connectivity index is 1.73. The minimum absolute atomic E-state index is 0.408. The van der Waals surface area contributed by atoms with Gasteiger partial charge in [0.1, 0.15) is 5.52 Å². The summed E-state index contributed by atoms with van der Waals surface area (Å²) in [5.74, 6) is 0.730. The average molecular weight is 259 g/mol. The van der Waals surface area contributed by atoms with Gasteiger partial charge in [-0.2, -0.15) is 4.98 Å². The summed E-state index contributed by atoms with van der Waals surface area (Å²) in [6.07, 6.45) is 6.69. The maximum Gasteiger partial charge on any atom is 0.295 e. The Labute approximate surface area is 113 Å². The number of nitrogens with one attached hydrogen (secondary N) is 1. The van der Waals surface area contributed by atoms with Gasteiger partial charge in [-0.3, -0.25) is 0 Å². The molecule has 1 aromatic heterocycles. The standard InChI is InChI=1S/C15H21N3O/c1-10(11-5-3-2-4-6-11)17-15-18-13-9-12(16)7-8-14(13)19-15/h7-11H,2-6,16H2,1H3,(H,17,18). The van der Waals surface area contributed by atoms with Crippen LogP contribution in [-0.4, -0.2) is 11.0 Å². The Morgan fingerprint density at radius 2 is 2.11 bits per heavy atom. The summed E-state index contributed by atoms with van der Waals surface area (Å²) >= 11 is 0. The van der Waals surface area contributed by atoms with Gasteiger partial charge in [-0.05, 0) is 43.9 Å². The van der Waals surface area contributed by atoms with Crippen molar-refractivity contribution in [2.24, 2.45) is 5.92 Å². The van der Waals surface area contributed by atoms with Crippen molar-refractivity contribution in [3.63, 3.8) is 0 Å². The second kappa shape index (κ2) is 5.11. The molecule has 0 spiro atoms. The van der Waals surface area contributed by atoms with Crippen molar-refractivity contribution >= 4 is 22.8 Å². The van der Waals surface area contributed by atoms with Crippen LogP contribution >= 0.6 is 0 Å². The zero-order valence-electron chi connectivity index (χ0n) is 11.4. The number of aromatic nitrogens is 1. The van der Waals surface area contributed by atoms with E-state index >= 15 is 0 Å². The van der Waals surface area contributed by atoms with Crippen LogP contribution in [-0.2, 0) is 0 Å². The van der Waals surface area contributed by atoms with Crippen LogP contribution in [0.2, 0.25) is 0 Å². The van der Waals surface area contributed by atoms with Crippen molar-refractivity contribution < 1.29 is 4.42 Å². The smallest absolute Gasteiger partial charge is 0.295 e. The lowest BCUT2D eigenvalue weighted by Gasteiger charge is -2.27. The topological polar surface area (TPSA) is 64.1 Å². The summed E-state index contributed by atoms with van der Waals surface area (Å²) in [4.78, 5) is 4.45. The van der Waals surface area contributed by atoms with Crippen molar-refractivity contribution in [2.45, 2.75) is 45.1 Å². The van der Waals surface area contributed by atoms with E-state index in [9.17, 15) is 0 Å². The number of oxazole rings is 1. The van der Waals surface area contributed by atoms with Gasteiger partial charge in [-0.15, -0.1) is 0 Å². The molecular weight excluding hydrogens is 238 g/mol. The third kappa shape index (κ3) is 2.67. The highest BCUT2D eigenvalue weighted by atomic mass is 16.4. The molecule has 1 atom stereocenters. The minimum Gasteiger partial charge on any atom is -0.424 e. The van der Waals surface area contributed by atoms with Crippen LogP contribution in [0.1, 0.15) is 39.0 Å². The molecule has 1 saturated carbocycles. The largest absolute Gasteiger partial charge is 0.424 e. The van der Waals surface area contributed by atoms with Gasteiger partial charge in [0, 0.05) is 11.7 Å². The maximum absolute atomic E-state index is 5.75. The number of nitrogen functional groups attached to an aromatic ring is 1. The zero-order chi connectivity index (χ0) is 13.2. The minimum atomic E-state index is 0.408. The molecule has 3 rings (SSSR count). The van der Waals surface area contributed by atoms with Crippen LogP contribution in [0.4, 0.5) is 11.7 Å². The fraction of sp³-hybridized carbons (Fsp3) is 0.533. The highest BCUT2D eigenvalue weighted by Crippen LogP contribution is 2.29. The van der Waals surface area contributed by atoms with Crippen molar-refractivity contribution in [2.75, 3.05) is 11.1 Å². The first-order chi connectivity index (χ1) is 9.22. The Bertz CT molecular complexity index is 558. The number of rotatable bonds is 3. The summed E-state index contributed by atoms with van der Waals surface area (Å²) in [5, 5.41) is 3.40. The highest BCUT2D eigenvalue weighted by molar-refractivity contribution is 5.78. The third-order valence-corrected chi connectivity index (χ3v) is 4.12. The molecule has 1 fully saturated rings. The molecule has 102 valence electrons. The molecule has 3 N–H and O–H groups in total. The van der Waals surface area contributed by atoms with E-state index in [4.69, 9.17) is 10.2 Å². The monoisotopic (exact) mass is 259 g/mol. The van der Waals surface area contributed by atoms with Crippen LogP contribution in [0, 0.1) is 5.92 Å². The van der Waals surface area contributed by atoms with Gasteiger partial charge < -0.3 is 15.5 Å². The summed E-state index contributed by atoms with van der Waals surface area (Å²) in [6.45, 7) is 2.22. The van der Waals surface area contributed by atoms with E-state index < -0.39 is 0 Å². The first-order valence-electron chi connectivity index (χ1n) is 7.15. The molecule has 4 nitrogen and oxygen atoms in total. The zero-order valence-corrected chi connectivity index (χ0v) is 11.4. The molecule has 4 heteroatoms. The number of fused-ring (bicyclic) bond motifs is 1. The number of nitrogens with zero attached hydrogens (tertiary/aromatic N) is 1. The van der Waals surface area contributed by atoms with Gasteiger partial charge in [0.15, 0.2) is 5.58 Å². The number of hydrogen-bond acceptors (Lipinski definition) is 4. The van der Waals surface area contributed by atoms with Gasteiger partial charge in [-0.1, -0.05) is 19.3 Å². The SMILES string of the molecule is CC(Nc1nc2cc(N)ccc2o1)C1CCCCC1. The van der Waals surface area contributed by atoms with E-state index in [1.54, 1.807) is 0 Å². The summed E-state index contributed by atoms with van der Waals surface area (Å²) in [6, 6.07) is 6.56. The third-order valence-electron chi connectivity index (χ3n) is 4.12. The fourth-order valence-electron chi connectivity index (χ4n) is 2.95. The Morgan fingerprint density at radius 3 is 2.89 bits per heavy atom. The van der Waals surface area contributed by atoms with Crippen molar-refractivity contribution in [1.29, 1.82) is 0 Å². The lowest BCUT2D eigenvalue weighted by Crippen LogP contribution is -2.27. The quantitative estimate of drug-likeness (QED) is 0.823. The van der Waals surface area contributed by atoms with E-state index in [-0.39, 0.29) is 0 Å². The van der Waals surface area contributed by atoms with Crippen molar-refractivity contribution in [3.05, 3.63) is 18.2 Å². The van der Waals surface area contributed by atoms with E-state index in [0.29, 0.717) is 17.7 Å². The van der Waals surface area contributed by atoms with E-state index in [0.717, 1.165) is 17.0 Å². The van der Waals surface area contributed by atoms with Crippen molar-refractivity contribution in [1.82, 2.24) is 4.98 Å². The van der Waals surface area contributed by atoms with Crippen LogP contribution in [0.3, 0.4) is 0 Å². The molecule has 0 bridgehead atoms. The lowest BCUT2D eigenvalue weighted by molar-refractivity contribution is 0.325.